The first-order valence-electron chi connectivity index (χ1n) is 9.61. The molecule has 1 saturated carbocycles. The smallest absolute Gasteiger partial charge is 0.307 e. The summed E-state index contributed by atoms with van der Waals surface area (Å²) in [5.74, 6) is 0.651. The lowest BCUT2D eigenvalue weighted by Gasteiger charge is -2.21. The minimum absolute atomic E-state index is 0.0550. The SMILES string of the molecule is CC1CCc2c(c3cc(Cl)ccc3n2CCC(=O)OC2CCCC2)C1. The van der Waals surface area contributed by atoms with Crippen LogP contribution in [0.25, 0.3) is 10.9 Å². The largest absolute Gasteiger partial charge is 0.462 e. The summed E-state index contributed by atoms with van der Waals surface area (Å²) >= 11 is 6.25. The molecule has 0 bridgehead atoms. The molecule has 2 aliphatic carbocycles. The van der Waals surface area contributed by atoms with Crippen molar-refractivity contribution < 1.29 is 9.53 Å². The second-order valence-electron chi connectivity index (χ2n) is 7.73. The van der Waals surface area contributed by atoms with Crippen LogP contribution in [0.3, 0.4) is 0 Å². The zero-order valence-electron chi connectivity index (χ0n) is 14.9. The van der Waals surface area contributed by atoms with E-state index in [0.29, 0.717) is 18.9 Å². The Balaban J connectivity index is 1.57. The van der Waals surface area contributed by atoms with E-state index in [1.54, 1.807) is 0 Å². The van der Waals surface area contributed by atoms with E-state index in [4.69, 9.17) is 16.3 Å². The van der Waals surface area contributed by atoms with Gasteiger partial charge in [-0.2, -0.15) is 0 Å². The van der Waals surface area contributed by atoms with Gasteiger partial charge in [0.1, 0.15) is 6.10 Å². The molecule has 0 radical (unpaired) electrons. The molecule has 0 amide bonds. The fourth-order valence-corrected chi connectivity index (χ4v) is 4.68. The Labute approximate surface area is 154 Å². The molecule has 4 heteroatoms. The van der Waals surface area contributed by atoms with Gasteiger partial charge >= 0.3 is 5.97 Å². The van der Waals surface area contributed by atoms with Crippen LogP contribution >= 0.6 is 11.6 Å². The van der Waals surface area contributed by atoms with Crippen LogP contribution in [0, 0.1) is 5.92 Å². The van der Waals surface area contributed by atoms with Crippen molar-refractivity contribution in [3.63, 3.8) is 0 Å². The predicted octanol–water partition coefficient (Wildman–Crippen LogP) is 5.30. The Kier molecular flexibility index (Phi) is 4.77. The lowest BCUT2D eigenvalue weighted by molar-refractivity contribution is -0.148. The fraction of sp³-hybridized carbons (Fsp3) is 0.571. The number of aryl methyl sites for hydroxylation is 1. The molecule has 4 rings (SSSR count). The minimum atomic E-state index is -0.0550. The number of carbonyl (C=O) groups is 1. The summed E-state index contributed by atoms with van der Waals surface area (Å²) in [6.07, 6.45) is 8.44. The van der Waals surface area contributed by atoms with Gasteiger partial charge in [-0.15, -0.1) is 0 Å². The summed E-state index contributed by atoms with van der Waals surface area (Å²) < 4.78 is 7.96. The average Bonchev–Trinajstić information content (AvgIpc) is 3.19. The van der Waals surface area contributed by atoms with Gasteiger partial charge in [0.2, 0.25) is 0 Å². The number of fused-ring (bicyclic) bond motifs is 3. The molecular formula is C21H26ClNO2. The van der Waals surface area contributed by atoms with Crippen molar-refractivity contribution in [3.05, 3.63) is 34.5 Å². The zero-order valence-corrected chi connectivity index (χ0v) is 15.6. The van der Waals surface area contributed by atoms with Crippen LogP contribution < -0.4 is 0 Å². The van der Waals surface area contributed by atoms with Crippen LogP contribution in [0.1, 0.15) is 56.7 Å². The topological polar surface area (TPSA) is 31.2 Å². The van der Waals surface area contributed by atoms with E-state index >= 15 is 0 Å². The van der Waals surface area contributed by atoms with E-state index in [1.807, 2.05) is 6.07 Å². The second kappa shape index (κ2) is 7.03. The number of benzene rings is 1. The number of nitrogens with zero attached hydrogens (tertiary/aromatic N) is 1. The van der Waals surface area contributed by atoms with E-state index in [1.165, 1.54) is 41.4 Å². The first-order chi connectivity index (χ1) is 12.1. The molecule has 0 spiro atoms. The van der Waals surface area contributed by atoms with Gasteiger partial charge in [0.05, 0.1) is 6.42 Å². The van der Waals surface area contributed by atoms with Gasteiger partial charge < -0.3 is 9.30 Å². The highest BCUT2D eigenvalue weighted by Gasteiger charge is 2.24. The Morgan fingerprint density at radius 2 is 2.08 bits per heavy atom. The number of hydrogen-bond acceptors (Lipinski definition) is 2. The number of rotatable bonds is 4. The lowest BCUT2D eigenvalue weighted by Crippen LogP contribution is -2.18. The van der Waals surface area contributed by atoms with Crippen LogP contribution in [0.5, 0.6) is 0 Å². The summed E-state index contributed by atoms with van der Waals surface area (Å²) in [5, 5.41) is 2.05. The summed E-state index contributed by atoms with van der Waals surface area (Å²) in [6, 6.07) is 6.14. The van der Waals surface area contributed by atoms with Gasteiger partial charge in [0, 0.05) is 28.2 Å². The first-order valence-corrected chi connectivity index (χ1v) is 9.98. The van der Waals surface area contributed by atoms with Crippen molar-refractivity contribution >= 4 is 28.5 Å². The summed E-state index contributed by atoms with van der Waals surface area (Å²) in [4.78, 5) is 12.2. The van der Waals surface area contributed by atoms with Crippen LogP contribution in [-0.4, -0.2) is 16.6 Å². The summed E-state index contributed by atoms with van der Waals surface area (Å²) in [5.41, 5.74) is 4.03. The van der Waals surface area contributed by atoms with Crippen molar-refractivity contribution in [2.24, 2.45) is 5.92 Å². The number of hydrogen-bond donors (Lipinski definition) is 0. The molecule has 25 heavy (non-hydrogen) atoms. The Morgan fingerprint density at radius 1 is 1.28 bits per heavy atom. The van der Waals surface area contributed by atoms with Gasteiger partial charge in [0.25, 0.3) is 0 Å². The summed E-state index contributed by atoms with van der Waals surface area (Å²) in [7, 11) is 0. The minimum Gasteiger partial charge on any atom is -0.462 e. The van der Waals surface area contributed by atoms with Crippen LogP contribution in [0.2, 0.25) is 5.02 Å². The first kappa shape index (κ1) is 17.0. The number of halogens is 1. The molecule has 1 unspecified atom stereocenters. The lowest BCUT2D eigenvalue weighted by atomic mass is 9.87. The van der Waals surface area contributed by atoms with E-state index in [-0.39, 0.29) is 12.1 Å². The van der Waals surface area contributed by atoms with Crippen molar-refractivity contribution in [1.29, 1.82) is 0 Å². The molecule has 1 aromatic heterocycles. The summed E-state index contributed by atoms with van der Waals surface area (Å²) in [6.45, 7) is 3.02. The normalized spacial score (nSPS) is 20.8. The van der Waals surface area contributed by atoms with E-state index in [9.17, 15) is 4.79 Å². The third kappa shape index (κ3) is 3.44. The molecule has 1 aromatic carbocycles. The highest BCUT2D eigenvalue weighted by Crippen LogP contribution is 2.35. The second-order valence-corrected chi connectivity index (χ2v) is 8.17. The predicted molar refractivity (Wildman–Crippen MR) is 101 cm³/mol. The number of carbonyl (C=O) groups excluding carboxylic acids is 1. The number of aromatic nitrogens is 1. The van der Waals surface area contributed by atoms with Gasteiger partial charge in [-0.25, -0.2) is 0 Å². The van der Waals surface area contributed by atoms with Gasteiger partial charge in [-0.3, -0.25) is 4.79 Å². The van der Waals surface area contributed by atoms with Gasteiger partial charge in [0.15, 0.2) is 0 Å². The van der Waals surface area contributed by atoms with E-state index in [2.05, 4.69) is 23.6 Å². The van der Waals surface area contributed by atoms with Crippen LogP contribution in [0.4, 0.5) is 0 Å². The highest BCUT2D eigenvalue weighted by molar-refractivity contribution is 6.31. The van der Waals surface area contributed by atoms with Crippen molar-refractivity contribution in [1.82, 2.24) is 4.57 Å². The van der Waals surface area contributed by atoms with Crippen molar-refractivity contribution in [2.45, 2.75) is 70.9 Å². The maximum absolute atomic E-state index is 12.2. The van der Waals surface area contributed by atoms with E-state index < -0.39 is 0 Å². The van der Waals surface area contributed by atoms with Gasteiger partial charge in [-0.1, -0.05) is 18.5 Å². The molecule has 2 aromatic rings. The fourth-order valence-electron chi connectivity index (χ4n) is 4.51. The third-order valence-electron chi connectivity index (χ3n) is 5.82. The van der Waals surface area contributed by atoms with Crippen molar-refractivity contribution in [3.8, 4) is 0 Å². The van der Waals surface area contributed by atoms with E-state index in [0.717, 1.165) is 30.7 Å². The van der Waals surface area contributed by atoms with Crippen LogP contribution in [-0.2, 0) is 28.9 Å². The van der Waals surface area contributed by atoms with Crippen molar-refractivity contribution in [2.75, 3.05) is 0 Å². The Morgan fingerprint density at radius 3 is 2.88 bits per heavy atom. The quantitative estimate of drug-likeness (QED) is 0.694. The zero-order chi connectivity index (χ0) is 17.4. The third-order valence-corrected chi connectivity index (χ3v) is 6.05. The Hall–Kier alpha value is -1.48. The number of ether oxygens (including phenoxy) is 1. The standard InChI is InChI=1S/C21H26ClNO2/c1-14-6-8-19-17(12-14)18-13-15(22)7-9-20(18)23(19)11-10-21(24)25-16-4-2-3-5-16/h7,9,13-14,16H,2-6,8,10-12H2,1H3. The molecule has 1 fully saturated rings. The molecule has 1 atom stereocenters. The maximum Gasteiger partial charge on any atom is 0.307 e. The molecule has 134 valence electrons. The molecular weight excluding hydrogens is 334 g/mol. The molecule has 3 nitrogen and oxygen atoms in total. The highest BCUT2D eigenvalue weighted by atomic mass is 35.5. The molecule has 2 aliphatic rings. The molecule has 0 N–H and O–H groups in total. The molecule has 1 heterocycles. The number of esters is 1. The molecule has 0 saturated heterocycles. The monoisotopic (exact) mass is 359 g/mol. The average molecular weight is 360 g/mol. The molecule has 0 aliphatic heterocycles. The van der Waals surface area contributed by atoms with Gasteiger partial charge in [-0.05, 0) is 74.6 Å². The van der Waals surface area contributed by atoms with Crippen LogP contribution in [0.15, 0.2) is 18.2 Å². The maximum atomic E-state index is 12.2. The Bertz CT molecular complexity index is 789.